The van der Waals surface area contributed by atoms with Gasteiger partial charge in [-0.25, -0.2) is 8.42 Å². The standard InChI is InChI=1S/C14H20N2O2S2/c17-20(18)11-13(12-3-1-2-4-14(12)20)15-5-6-16-7-9-19-10-8-16/h1-4,13,15H,5-11H2. The minimum Gasteiger partial charge on any atom is -0.308 e. The maximum Gasteiger partial charge on any atom is 0.180 e. The van der Waals surface area contributed by atoms with Crippen molar-refractivity contribution in [2.24, 2.45) is 0 Å². The van der Waals surface area contributed by atoms with E-state index in [0.29, 0.717) is 4.90 Å². The molecule has 1 atom stereocenters. The molecule has 0 bridgehead atoms. The number of rotatable bonds is 4. The molecule has 0 aromatic heterocycles. The lowest BCUT2D eigenvalue weighted by atomic mass is 10.1. The van der Waals surface area contributed by atoms with Gasteiger partial charge in [0, 0.05) is 43.7 Å². The van der Waals surface area contributed by atoms with Gasteiger partial charge in [0.2, 0.25) is 0 Å². The number of thioether (sulfide) groups is 1. The molecule has 110 valence electrons. The summed E-state index contributed by atoms with van der Waals surface area (Å²) in [6.07, 6.45) is 0. The fourth-order valence-electron chi connectivity index (χ4n) is 2.84. The predicted octanol–water partition coefficient (Wildman–Crippen LogP) is 1.15. The van der Waals surface area contributed by atoms with E-state index in [1.54, 1.807) is 12.1 Å². The molecule has 0 amide bonds. The third-order valence-corrected chi connectivity index (χ3v) is 6.69. The second kappa shape index (κ2) is 6.05. The van der Waals surface area contributed by atoms with E-state index in [-0.39, 0.29) is 11.8 Å². The Balaban J connectivity index is 1.59. The van der Waals surface area contributed by atoms with Gasteiger partial charge in [-0.05, 0) is 11.6 Å². The van der Waals surface area contributed by atoms with E-state index in [1.807, 2.05) is 23.9 Å². The van der Waals surface area contributed by atoms with E-state index in [1.165, 1.54) is 11.5 Å². The average Bonchev–Trinajstić information content (AvgIpc) is 2.72. The van der Waals surface area contributed by atoms with Crippen LogP contribution in [0.4, 0.5) is 0 Å². The Morgan fingerprint density at radius 2 is 2.00 bits per heavy atom. The monoisotopic (exact) mass is 312 g/mol. The summed E-state index contributed by atoms with van der Waals surface area (Å²) in [7, 11) is -3.09. The van der Waals surface area contributed by atoms with Gasteiger partial charge < -0.3 is 10.2 Å². The summed E-state index contributed by atoms with van der Waals surface area (Å²) in [5.74, 6) is 2.61. The van der Waals surface area contributed by atoms with Crippen molar-refractivity contribution in [3.05, 3.63) is 29.8 Å². The summed E-state index contributed by atoms with van der Waals surface area (Å²) in [5, 5.41) is 3.41. The van der Waals surface area contributed by atoms with Crippen LogP contribution in [0.3, 0.4) is 0 Å². The zero-order valence-electron chi connectivity index (χ0n) is 11.4. The van der Waals surface area contributed by atoms with Crippen molar-refractivity contribution in [3.8, 4) is 0 Å². The second-order valence-corrected chi connectivity index (χ2v) is 8.51. The molecule has 3 rings (SSSR count). The highest BCUT2D eigenvalue weighted by atomic mass is 32.2. The Hall–Kier alpha value is -0.560. The van der Waals surface area contributed by atoms with Crippen LogP contribution >= 0.6 is 11.8 Å². The van der Waals surface area contributed by atoms with E-state index in [2.05, 4.69) is 10.2 Å². The van der Waals surface area contributed by atoms with Gasteiger partial charge >= 0.3 is 0 Å². The van der Waals surface area contributed by atoms with Crippen LogP contribution in [0.5, 0.6) is 0 Å². The predicted molar refractivity (Wildman–Crippen MR) is 83.0 cm³/mol. The lowest BCUT2D eigenvalue weighted by Crippen LogP contribution is -2.38. The van der Waals surface area contributed by atoms with Crippen molar-refractivity contribution < 1.29 is 8.42 Å². The first-order chi connectivity index (χ1) is 9.67. The summed E-state index contributed by atoms with van der Waals surface area (Å²) in [6, 6.07) is 7.30. The molecule has 2 aliphatic rings. The van der Waals surface area contributed by atoms with Gasteiger partial charge in [0.1, 0.15) is 0 Å². The molecule has 0 radical (unpaired) electrons. The molecule has 2 aliphatic heterocycles. The minimum absolute atomic E-state index is 0.0460. The van der Waals surface area contributed by atoms with Crippen molar-refractivity contribution in [2.45, 2.75) is 10.9 Å². The van der Waals surface area contributed by atoms with Gasteiger partial charge in [-0.15, -0.1) is 0 Å². The molecule has 1 saturated heterocycles. The zero-order valence-corrected chi connectivity index (χ0v) is 13.0. The summed E-state index contributed by atoms with van der Waals surface area (Å²) in [6.45, 7) is 4.14. The average molecular weight is 312 g/mol. The van der Waals surface area contributed by atoms with Crippen molar-refractivity contribution in [3.63, 3.8) is 0 Å². The number of hydrogen-bond donors (Lipinski definition) is 1. The molecule has 0 aliphatic carbocycles. The zero-order chi connectivity index (χ0) is 14.0. The summed E-state index contributed by atoms with van der Waals surface area (Å²) in [4.78, 5) is 2.95. The normalized spacial score (nSPS) is 25.5. The smallest absolute Gasteiger partial charge is 0.180 e. The third-order valence-electron chi connectivity index (χ3n) is 3.94. The van der Waals surface area contributed by atoms with Crippen LogP contribution in [0, 0.1) is 0 Å². The van der Waals surface area contributed by atoms with Crippen LogP contribution in [0.15, 0.2) is 29.2 Å². The Kier molecular flexibility index (Phi) is 4.35. The Bertz CT molecular complexity index is 568. The maximum atomic E-state index is 12.1. The lowest BCUT2D eigenvalue weighted by molar-refractivity contribution is 0.297. The summed E-state index contributed by atoms with van der Waals surface area (Å²) >= 11 is 2.01. The highest BCUT2D eigenvalue weighted by Gasteiger charge is 2.33. The van der Waals surface area contributed by atoms with Crippen LogP contribution < -0.4 is 5.32 Å². The van der Waals surface area contributed by atoms with Crippen LogP contribution in [-0.2, 0) is 9.84 Å². The topological polar surface area (TPSA) is 49.4 Å². The first kappa shape index (κ1) is 14.4. The molecule has 20 heavy (non-hydrogen) atoms. The first-order valence-electron chi connectivity index (χ1n) is 7.02. The number of nitrogens with zero attached hydrogens (tertiary/aromatic N) is 1. The van der Waals surface area contributed by atoms with Crippen LogP contribution in [0.2, 0.25) is 0 Å². The Labute approximate surface area is 124 Å². The van der Waals surface area contributed by atoms with Gasteiger partial charge in [0.25, 0.3) is 0 Å². The van der Waals surface area contributed by atoms with Gasteiger partial charge in [-0.3, -0.25) is 0 Å². The molecular formula is C14H20N2O2S2. The van der Waals surface area contributed by atoms with Crippen LogP contribution in [0.25, 0.3) is 0 Å². The molecule has 1 aromatic rings. The molecule has 0 saturated carbocycles. The number of hydrogen-bond acceptors (Lipinski definition) is 5. The lowest BCUT2D eigenvalue weighted by Gasteiger charge is -2.26. The molecule has 1 aromatic carbocycles. The molecule has 1 unspecified atom stereocenters. The molecule has 4 nitrogen and oxygen atoms in total. The van der Waals surface area contributed by atoms with Gasteiger partial charge in [0.05, 0.1) is 10.6 Å². The number of nitrogens with one attached hydrogen (secondary N) is 1. The summed E-state index contributed by atoms with van der Waals surface area (Å²) in [5.41, 5.74) is 0.932. The number of benzene rings is 1. The van der Waals surface area contributed by atoms with Gasteiger partial charge in [0.15, 0.2) is 9.84 Å². The first-order valence-corrected chi connectivity index (χ1v) is 9.83. The quantitative estimate of drug-likeness (QED) is 0.904. The molecular weight excluding hydrogens is 292 g/mol. The van der Waals surface area contributed by atoms with E-state index >= 15 is 0 Å². The van der Waals surface area contributed by atoms with Crippen LogP contribution in [0.1, 0.15) is 11.6 Å². The van der Waals surface area contributed by atoms with Gasteiger partial charge in [-0.1, -0.05) is 18.2 Å². The molecule has 2 heterocycles. The number of fused-ring (bicyclic) bond motifs is 1. The highest BCUT2D eigenvalue weighted by Crippen LogP contribution is 2.32. The maximum absolute atomic E-state index is 12.1. The molecule has 1 fully saturated rings. The van der Waals surface area contributed by atoms with E-state index in [0.717, 1.165) is 31.7 Å². The van der Waals surface area contributed by atoms with Crippen molar-refractivity contribution in [2.75, 3.05) is 43.4 Å². The third kappa shape index (κ3) is 3.03. The molecule has 1 N–H and O–H groups in total. The highest BCUT2D eigenvalue weighted by molar-refractivity contribution is 7.99. The Morgan fingerprint density at radius 3 is 2.80 bits per heavy atom. The second-order valence-electron chi connectivity index (χ2n) is 5.28. The van der Waals surface area contributed by atoms with Gasteiger partial charge in [-0.2, -0.15) is 11.8 Å². The van der Waals surface area contributed by atoms with Crippen molar-refractivity contribution in [1.29, 1.82) is 0 Å². The van der Waals surface area contributed by atoms with E-state index in [4.69, 9.17) is 0 Å². The van der Waals surface area contributed by atoms with Crippen molar-refractivity contribution >= 4 is 21.6 Å². The Morgan fingerprint density at radius 1 is 1.25 bits per heavy atom. The SMILES string of the molecule is O=S1(=O)CC(NCCN2CCSCC2)c2ccccc21. The molecule has 0 spiro atoms. The number of sulfone groups is 1. The largest absolute Gasteiger partial charge is 0.308 e. The summed E-state index contributed by atoms with van der Waals surface area (Å²) < 4.78 is 24.2. The van der Waals surface area contributed by atoms with E-state index in [9.17, 15) is 8.42 Å². The van der Waals surface area contributed by atoms with Crippen molar-refractivity contribution in [1.82, 2.24) is 10.2 Å². The fraction of sp³-hybridized carbons (Fsp3) is 0.571. The minimum atomic E-state index is -3.09. The fourth-order valence-corrected chi connectivity index (χ4v) is 5.59. The molecule has 6 heteroatoms. The van der Waals surface area contributed by atoms with Crippen LogP contribution in [-0.4, -0.2) is 56.8 Å². The van der Waals surface area contributed by atoms with E-state index < -0.39 is 9.84 Å².